The maximum absolute atomic E-state index is 14.3. The molecule has 15 nitrogen and oxygen atoms in total. The molecule has 5 N–H and O–H groups in total. The van der Waals surface area contributed by atoms with Crippen LogP contribution in [-0.4, -0.2) is 121 Å². The molecule has 4 amide bonds. The fraction of sp³-hybridized carbons (Fsp3) is 0.571. The topological polar surface area (TPSA) is 200 Å². The number of hydrogen-bond donors (Lipinski definition) is 5. The smallest absolute Gasteiger partial charge is 0.344 e. The quantitative estimate of drug-likeness (QED) is 0.0633. The van der Waals surface area contributed by atoms with Crippen LogP contribution in [0.25, 0.3) is 0 Å². The lowest BCUT2D eigenvalue weighted by Gasteiger charge is -2.29. The maximum Gasteiger partial charge on any atom is 0.344 e. The van der Waals surface area contributed by atoms with Crippen molar-refractivity contribution in [1.29, 1.82) is 0 Å². The predicted octanol–water partition coefficient (Wildman–Crippen LogP) is 2.47. The van der Waals surface area contributed by atoms with E-state index in [-0.39, 0.29) is 37.1 Å². The Kier molecular flexibility index (Phi) is 17.4. The van der Waals surface area contributed by atoms with Crippen molar-refractivity contribution in [1.82, 2.24) is 26.2 Å². The summed E-state index contributed by atoms with van der Waals surface area (Å²) in [6.07, 6.45) is 1.67. The molecule has 0 bridgehead atoms. The molecule has 2 aliphatic heterocycles. The molecule has 2 aromatic rings. The summed E-state index contributed by atoms with van der Waals surface area (Å²) in [5, 5.41) is 25.1. The van der Waals surface area contributed by atoms with Gasteiger partial charge in [-0.2, -0.15) is 0 Å². The molecule has 2 aromatic carbocycles. The number of benzene rings is 2. The number of morpholine rings is 1. The second kappa shape index (κ2) is 22.2. The molecule has 2 fully saturated rings. The molecular formula is C42H60N6O9. The van der Waals surface area contributed by atoms with Crippen molar-refractivity contribution < 1.29 is 43.4 Å². The van der Waals surface area contributed by atoms with Gasteiger partial charge in [-0.15, -0.1) is 0 Å². The first kappa shape index (κ1) is 44.8. The Labute approximate surface area is 335 Å². The van der Waals surface area contributed by atoms with Gasteiger partial charge in [0, 0.05) is 19.5 Å². The van der Waals surface area contributed by atoms with E-state index in [0.717, 1.165) is 11.1 Å². The van der Waals surface area contributed by atoms with Gasteiger partial charge in [0.2, 0.25) is 30.2 Å². The van der Waals surface area contributed by atoms with E-state index in [1.807, 2.05) is 93.3 Å². The maximum atomic E-state index is 14.3. The first-order valence-electron chi connectivity index (χ1n) is 19.9. The Bertz CT molecular complexity index is 1650. The highest BCUT2D eigenvalue weighted by Gasteiger charge is 2.49. The predicted molar refractivity (Wildman–Crippen MR) is 214 cm³/mol. The Morgan fingerprint density at radius 3 is 1.88 bits per heavy atom. The molecule has 0 spiro atoms. The highest BCUT2D eigenvalue weighted by atomic mass is 16.6. The van der Waals surface area contributed by atoms with Crippen molar-refractivity contribution in [3.63, 3.8) is 0 Å². The second-order valence-corrected chi connectivity index (χ2v) is 15.8. The minimum atomic E-state index is -1.20. The van der Waals surface area contributed by atoms with Gasteiger partial charge in [0.15, 0.2) is 0 Å². The van der Waals surface area contributed by atoms with Gasteiger partial charge in [-0.1, -0.05) is 93.5 Å². The third kappa shape index (κ3) is 15.5. The zero-order valence-corrected chi connectivity index (χ0v) is 33.8. The van der Waals surface area contributed by atoms with Gasteiger partial charge in [0.05, 0.1) is 32.4 Å². The number of nitrogens with one attached hydrogen (secondary N) is 4. The number of carboxylic acid groups (broad SMARTS) is 1. The van der Waals surface area contributed by atoms with E-state index in [9.17, 15) is 24.0 Å². The SMILES string of the molecule is CC(C)C[C@H](NC(=O)[C@H](CCc1ccccc1)NC(=O)CN1CCOCC1)C(=O)N[C@@H](Cc1ccccc1)C(=O)N[C@@H](CC(C)C)C(=NOCC(=O)O)[C@@]1(C)CO1. The lowest BCUT2D eigenvalue weighted by molar-refractivity contribution is -0.142. The van der Waals surface area contributed by atoms with Crippen LogP contribution in [0.4, 0.5) is 0 Å². The molecule has 0 unspecified atom stereocenters. The van der Waals surface area contributed by atoms with Crippen LogP contribution in [-0.2, 0) is 51.1 Å². The molecule has 0 radical (unpaired) electrons. The number of hydrogen-bond acceptors (Lipinski definition) is 10. The standard InChI is InChI=1S/C42H60N6O9/c1-28(2)22-33(38(42(5)27-56-42)47-57-26-37(50)51)44-41(54)35(24-31-14-10-7-11-15-31)46-40(53)34(23-29(3)4)45-39(52)32(17-16-30-12-8-6-9-13-30)43-36(49)25-48-18-20-55-21-19-48/h6-15,28-29,32-35H,16-27H2,1-5H3,(H,43,49)(H,44,54)(H,45,52)(H,46,53)(H,50,51)/t32-,33-,34-,35-,42+/m0/s1. The summed E-state index contributed by atoms with van der Waals surface area (Å²) in [5.74, 6) is -2.98. The summed E-state index contributed by atoms with van der Waals surface area (Å²) in [6, 6.07) is 15.2. The van der Waals surface area contributed by atoms with E-state index in [2.05, 4.69) is 26.4 Å². The Hall–Kier alpha value is -4.86. The molecule has 0 aromatic heterocycles. The Morgan fingerprint density at radius 1 is 0.772 bits per heavy atom. The number of oxime groups is 1. The van der Waals surface area contributed by atoms with E-state index in [1.165, 1.54) is 0 Å². The number of aryl methyl sites for hydroxylation is 1. The molecule has 0 aliphatic carbocycles. The van der Waals surface area contributed by atoms with E-state index in [0.29, 0.717) is 57.9 Å². The largest absolute Gasteiger partial charge is 0.479 e. The molecule has 2 saturated heterocycles. The van der Waals surface area contributed by atoms with Crippen LogP contribution in [0.3, 0.4) is 0 Å². The highest BCUT2D eigenvalue weighted by Crippen LogP contribution is 2.31. The van der Waals surface area contributed by atoms with Crippen molar-refractivity contribution in [2.75, 3.05) is 46.1 Å². The molecule has 4 rings (SSSR count). The Balaban J connectivity index is 1.55. The second-order valence-electron chi connectivity index (χ2n) is 15.8. The lowest BCUT2D eigenvalue weighted by Crippen LogP contribution is -2.59. The van der Waals surface area contributed by atoms with Gasteiger partial charge in [0.1, 0.15) is 29.4 Å². The van der Waals surface area contributed by atoms with Crippen LogP contribution in [0.2, 0.25) is 0 Å². The van der Waals surface area contributed by atoms with E-state index in [4.69, 9.17) is 19.4 Å². The molecule has 2 aliphatic rings. The first-order valence-corrected chi connectivity index (χ1v) is 19.9. The summed E-state index contributed by atoms with van der Waals surface area (Å²) in [6.45, 7) is 11.7. The number of rotatable bonds is 23. The van der Waals surface area contributed by atoms with Gasteiger partial charge >= 0.3 is 5.97 Å². The average Bonchev–Trinajstić information content (AvgIpc) is 3.92. The number of nitrogens with zero attached hydrogens (tertiary/aromatic N) is 2. The minimum Gasteiger partial charge on any atom is -0.479 e. The fourth-order valence-electron chi connectivity index (χ4n) is 6.66. The third-order valence-corrected chi connectivity index (χ3v) is 9.77. The first-order chi connectivity index (χ1) is 27.2. The molecule has 0 saturated carbocycles. The number of epoxide rings is 1. The van der Waals surface area contributed by atoms with Gasteiger partial charge in [-0.3, -0.25) is 24.1 Å². The number of amides is 4. The fourth-order valence-corrected chi connectivity index (χ4v) is 6.66. The van der Waals surface area contributed by atoms with Crippen LogP contribution in [0.5, 0.6) is 0 Å². The van der Waals surface area contributed by atoms with Gasteiger partial charge < -0.3 is 40.7 Å². The van der Waals surface area contributed by atoms with Crippen LogP contribution in [0.15, 0.2) is 65.8 Å². The zero-order valence-electron chi connectivity index (χ0n) is 33.8. The number of ether oxygens (including phenoxy) is 2. The van der Waals surface area contributed by atoms with Gasteiger partial charge in [-0.05, 0) is 55.6 Å². The average molecular weight is 793 g/mol. The van der Waals surface area contributed by atoms with E-state index >= 15 is 0 Å². The molecule has 15 heteroatoms. The van der Waals surface area contributed by atoms with Crippen LogP contribution < -0.4 is 21.3 Å². The number of carbonyl (C=O) groups is 5. The number of carbonyl (C=O) groups excluding carboxylic acids is 4. The Morgan fingerprint density at radius 2 is 1.30 bits per heavy atom. The minimum absolute atomic E-state index is 0.0135. The zero-order chi connectivity index (χ0) is 41.4. The molecule has 57 heavy (non-hydrogen) atoms. The number of carboxylic acids is 1. The van der Waals surface area contributed by atoms with Crippen LogP contribution in [0.1, 0.15) is 65.0 Å². The van der Waals surface area contributed by atoms with Crippen LogP contribution >= 0.6 is 0 Å². The van der Waals surface area contributed by atoms with Crippen LogP contribution in [0, 0.1) is 11.8 Å². The summed E-state index contributed by atoms with van der Waals surface area (Å²) in [4.78, 5) is 74.1. The lowest BCUT2D eigenvalue weighted by atomic mass is 9.92. The monoisotopic (exact) mass is 792 g/mol. The van der Waals surface area contributed by atoms with E-state index in [1.54, 1.807) is 6.92 Å². The number of aliphatic carboxylic acids is 1. The molecule has 312 valence electrons. The normalized spacial score (nSPS) is 19.2. The van der Waals surface area contributed by atoms with Crippen molar-refractivity contribution in [2.45, 2.75) is 96.5 Å². The molecule has 5 atom stereocenters. The summed E-state index contributed by atoms with van der Waals surface area (Å²) in [5.41, 5.74) is 1.29. The molecular weight excluding hydrogens is 732 g/mol. The van der Waals surface area contributed by atoms with Gasteiger partial charge in [0.25, 0.3) is 0 Å². The van der Waals surface area contributed by atoms with Crippen molar-refractivity contribution in [3.8, 4) is 0 Å². The summed E-state index contributed by atoms with van der Waals surface area (Å²) in [7, 11) is 0. The third-order valence-electron chi connectivity index (χ3n) is 9.77. The molecule has 2 heterocycles. The summed E-state index contributed by atoms with van der Waals surface area (Å²) < 4.78 is 11.1. The van der Waals surface area contributed by atoms with Gasteiger partial charge in [-0.25, -0.2) is 4.79 Å². The van der Waals surface area contributed by atoms with Crippen molar-refractivity contribution in [3.05, 3.63) is 71.8 Å². The van der Waals surface area contributed by atoms with E-state index < -0.39 is 60.1 Å². The van der Waals surface area contributed by atoms with Crippen molar-refractivity contribution in [2.24, 2.45) is 17.0 Å². The highest BCUT2D eigenvalue weighted by molar-refractivity contribution is 6.01. The summed E-state index contributed by atoms with van der Waals surface area (Å²) >= 11 is 0. The van der Waals surface area contributed by atoms with Crippen molar-refractivity contribution >= 4 is 35.3 Å².